The number of rotatable bonds is 3. The van der Waals surface area contributed by atoms with Crippen molar-refractivity contribution in [2.24, 2.45) is 5.10 Å². The SMILES string of the molecule is CN(/N=C1\[C@@H](O)[C@@H](O)[C@@H](O)[C@H](O)[C@H]1O)C(=S)NCc1ccccc1. The van der Waals surface area contributed by atoms with Crippen LogP contribution in [0.2, 0.25) is 0 Å². The van der Waals surface area contributed by atoms with E-state index in [1.54, 1.807) is 0 Å². The lowest BCUT2D eigenvalue weighted by Crippen LogP contribution is -2.62. The monoisotopic (exact) mass is 355 g/mol. The maximum atomic E-state index is 9.93. The summed E-state index contributed by atoms with van der Waals surface area (Å²) in [5.74, 6) is 0. The fraction of sp³-hybridized carbons (Fsp3) is 0.467. The van der Waals surface area contributed by atoms with Crippen molar-refractivity contribution in [1.29, 1.82) is 0 Å². The van der Waals surface area contributed by atoms with Crippen molar-refractivity contribution in [3.05, 3.63) is 35.9 Å². The molecule has 0 amide bonds. The van der Waals surface area contributed by atoms with Crippen molar-refractivity contribution in [2.45, 2.75) is 37.1 Å². The topological polar surface area (TPSA) is 129 Å². The van der Waals surface area contributed by atoms with Crippen molar-refractivity contribution in [1.82, 2.24) is 10.3 Å². The van der Waals surface area contributed by atoms with Crippen molar-refractivity contribution in [3.8, 4) is 0 Å². The quantitative estimate of drug-likeness (QED) is 0.276. The molecule has 0 saturated heterocycles. The third-order valence-corrected chi connectivity index (χ3v) is 4.21. The number of nitrogens with zero attached hydrogens (tertiary/aromatic N) is 2. The number of thiocarbonyl (C=S) groups is 1. The van der Waals surface area contributed by atoms with Gasteiger partial charge in [0.05, 0.1) is 0 Å². The summed E-state index contributed by atoms with van der Waals surface area (Å²) in [6.07, 6.45) is -8.19. The van der Waals surface area contributed by atoms with Crippen LogP contribution in [0.4, 0.5) is 0 Å². The van der Waals surface area contributed by atoms with Gasteiger partial charge in [0.15, 0.2) is 5.11 Å². The number of hydrazone groups is 1. The first-order chi connectivity index (χ1) is 11.3. The third kappa shape index (κ3) is 4.07. The number of aliphatic hydroxyl groups excluding tert-OH is 5. The highest BCUT2D eigenvalue weighted by Crippen LogP contribution is 2.19. The molecule has 6 N–H and O–H groups in total. The third-order valence-electron chi connectivity index (χ3n) is 3.80. The van der Waals surface area contributed by atoms with Crippen LogP contribution in [0.5, 0.6) is 0 Å². The zero-order valence-electron chi connectivity index (χ0n) is 13.0. The Labute approximate surface area is 144 Å². The number of hydrogen-bond acceptors (Lipinski definition) is 7. The van der Waals surface area contributed by atoms with Gasteiger partial charge in [-0.1, -0.05) is 30.3 Å². The molecule has 1 aliphatic rings. The lowest BCUT2D eigenvalue weighted by molar-refractivity contribution is -0.130. The predicted molar refractivity (Wildman–Crippen MR) is 91.1 cm³/mol. The second-order valence-corrected chi connectivity index (χ2v) is 5.94. The van der Waals surface area contributed by atoms with Crippen molar-refractivity contribution in [2.75, 3.05) is 7.05 Å². The maximum Gasteiger partial charge on any atom is 0.189 e. The first-order valence-corrected chi connectivity index (χ1v) is 7.78. The molecule has 0 radical (unpaired) electrons. The summed E-state index contributed by atoms with van der Waals surface area (Å²) in [7, 11) is 1.50. The molecular weight excluding hydrogens is 334 g/mol. The summed E-state index contributed by atoms with van der Waals surface area (Å²) in [5, 5.41) is 57.1. The summed E-state index contributed by atoms with van der Waals surface area (Å²) in [6.45, 7) is 0.462. The number of nitrogens with one attached hydrogen (secondary N) is 1. The van der Waals surface area contributed by atoms with Gasteiger partial charge in [0.25, 0.3) is 0 Å². The highest BCUT2D eigenvalue weighted by Gasteiger charge is 2.46. The average molecular weight is 355 g/mol. The van der Waals surface area contributed by atoms with E-state index in [1.165, 1.54) is 12.1 Å². The lowest BCUT2D eigenvalue weighted by Gasteiger charge is -2.37. The number of aliphatic hydroxyl groups is 5. The Hall–Kier alpha value is -1.62. The highest BCUT2D eigenvalue weighted by molar-refractivity contribution is 7.80. The molecule has 1 aromatic carbocycles. The van der Waals surface area contributed by atoms with E-state index in [2.05, 4.69) is 10.4 Å². The van der Waals surface area contributed by atoms with E-state index in [9.17, 15) is 25.5 Å². The van der Waals surface area contributed by atoms with E-state index in [4.69, 9.17) is 12.2 Å². The molecule has 9 heteroatoms. The molecule has 1 aliphatic carbocycles. The minimum atomic E-state index is -1.66. The van der Waals surface area contributed by atoms with Gasteiger partial charge in [0, 0.05) is 13.6 Å². The van der Waals surface area contributed by atoms with Crippen LogP contribution in [-0.4, -0.2) is 78.9 Å². The smallest absolute Gasteiger partial charge is 0.189 e. The van der Waals surface area contributed by atoms with Gasteiger partial charge in [-0.25, -0.2) is 5.01 Å². The van der Waals surface area contributed by atoms with E-state index in [0.29, 0.717) is 6.54 Å². The Bertz CT molecular complexity index is 582. The number of hydrogen-bond donors (Lipinski definition) is 6. The zero-order valence-corrected chi connectivity index (χ0v) is 13.8. The van der Waals surface area contributed by atoms with Crippen LogP contribution in [0.3, 0.4) is 0 Å². The van der Waals surface area contributed by atoms with Gasteiger partial charge in [-0.2, -0.15) is 5.10 Å². The largest absolute Gasteiger partial charge is 0.387 e. The standard InChI is InChI=1S/C15H21N3O5S/c1-18(15(24)16-7-8-5-3-2-4-6-8)17-9-10(19)12(21)14(23)13(22)11(9)20/h2-6,10-14,19-23H,7H2,1H3,(H,16,24)/b17-9-/t10-,11+,12+,13+,14-/m0/s1. The van der Waals surface area contributed by atoms with Gasteiger partial charge in [-0.3, -0.25) is 0 Å². The molecule has 1 aromatic rings. The van der Waals surface area contributed by atoms with Crippen molar-refractivity contribution in [3.63, 3.8) is 0 Å². The molecule has 0 bridgehead atoms. The molecule has 24 heavy (non-hydrogen) atoms. The second-order valence-electron chi connectivity index (χ2n) is 5.55. The molecule has 1 fully saturated rings. The van der Waals surface area contributed by atoms with Crippen molar-refractivity contribution < 1.29 is 25.5 Å². The second kappa shape index (κ2) is 7.97. The molecule has 0 unspecified atom stereocenters. The van der Waals surface area contributed by atoms with Crippen LogP contribution in [0.25, 0.3) is 0 Å². The fourth-order valence-corrected chi connectivity index (χ4v) is 2.44. The minimum absolute atomic E-state index is 0.223. The van der Waals surface area contributed by atoms with E-state index in [0.717, 1.165) is 5.56 Å². The Morgan fingerprint density at radius 3 is 2.12 bits per heavy atom. The van der Waals surface area contributed by atoms with E-state index < -0.39 is 30.5 Å². The molecule has 0 aromatic heterocycles. The van der Waals surface area contributed by atoms with Gasteiger partial charge in [-0.05, 0) is 17.8 Å². The highest BCUT2D eigenvalue weighted by atomic mass is 32.1. The summed E-state index contributed by atoms with van der Waals surface area (Å²) < 4.78 is 0. The van der Waals surface area contributed by atoms with Crippen LogP contribution >= 0.6 is 12.2 Å². The molecule has 5 atom stereocenters. The first-order valence-electron chi connectivity index (χ1n) is 7.37. The van der Waals surface area contributed by atoms with Crippen molar-refractivity contribution >= 4 is 23.0 Å². The van der Waals surface area contributed by atoms with Crippen LogP contribution in [0.15, 0.2) is 35.4 Å². The van der Waals surface area contributed by atoms with E-state index in [-0.39, 0.29) is 10.8 Å². The maximum absolute atomic E-state index is 9.93. The van der Waals surface area contributed by atoms with Gasteiger partial charge < -0.3 is 30.8 Å². The Balaban J connectivity index is 2.04. The zero-order chi connectivity index (χ0) is 17.9. The Morgan fingerprint density at radius 1 is 1.04 bits per heavy atom. The molecule has 132 valence electrons. The molecule has 0 spiro atoms. The molecule has 0 heterocycles. The fourth-order valence-electron chi connectivity index (χ4n) is 2.33. The van der Waals surface area contributed by atoms with Gasteiger partial charge in [0.1, 0.15) is 36.2 Å². The molecule has 2 rings (SSSR count). The van der Waals surface area contributed by atoms with Crippen LogP contribution in [0.1, 0.15) is 5.56 Å². The van der Waals surface area contributed by atoms with E-state index >= 15 is 0 Å². The Morgan fingerprint density at radius 2 is 1.58 bits per heavy atom. The summed E-state index contributed by atoms with van der Waals surface area (Å²) in [4.78, 5) is 0. The first kappa shape index (κ1) is 18.7. The summed E-state index contributed by atoms with van der Waals surface area (Å²) in [5.41, 5.74) is 0.735. The summed E-state index contributed by atoms with van der Waals surface area (Å²) in [6, 6.07) is 9.53. The van der Waals surface area contributed by atoms with Crippen LogP contribution in [0, 0.1) is 0 Å². The summed E-state index contributed by atoms with van der Waals surface area (Å²) >= 11 is 5.17. The Kier molecular flexibility index (Phi) is 6.21. The molecular formula is C15H21N3O5S. The molecule has 0 aliphatic heterocycles. The van der Waals surface area contributed by atoms with Gasteiger partial charge in [-0.15, -0.1) is 0 Å². The van der Waals surface area contributed by atoms with E-state index in [1.807, 2.05) is 30.3 Å². The minimum Gasteiger partial charge on any atom is -0.387 e. The van der Waals surface area contributed by atoms with Gasteiger partial charge in [0.2, 0.25) is 0 Å². The molecule has 1 saturated carbocycles. The normalized spacial score (nSPS) is 31.8. The predicted octanol–water partition coefficient (Wildman–Crippen LogP) is -1.83. The lowest BCUT2D eigenvalue weighted by atomic mass is 9.85. The van der Waals surface area contributed by atoms with Gasteiger partial charge >= 0.3 is 0 Å². The van der Waals surface area contributed by atoms with Crippen LogP contribution < -0.4 is 5.32 Å². The number of benzene rings is 1. The average Bonchev–Trinajstić information content (AvgIpc) is 2.60. The van der Waals surface area contributed by atoms with Crippen LogP contribution in [-0.2, 0) is 6.54 Å². The molecule has 8 nitrogen and oxygen atoms in total.